The predicted octanol–water partition coefficient (Wildman–Crippen LogP) is 24.5. The van der Waals surface area contributed by atoms with Gasteiger partial charge in [0.05, 0.1) is 0 Å². The molecular weight excluding hydrogens is 985 g/mol. The van der Waals surface area contributed by atoms with E-state index < -0.39 is 6.10 Å². The van der Waals surface area contributed by atoms with Crippen molar-refractivity contribution in [2.75, 3.05) is 13.2 Å². The third kappa shape index (κ3) is 66.2. The van der Waals surface area contributed by atoms with Crippen LogP contribution in [0.4, 0.5) is 0 Å². The third-order valence-corrected chi connectivity index (χ3v) is 16.1. The van der Waals surface area contributed by atoms with Gasteiger partial charge in [0.1, 0.15) is 13.2 Å². The van der Waals surface area contributed by atoms with Crippen LogP contribution in [0.15, 0.2) is 48.6 Å². The molecule has 0 aromatic rings. The number of ether oxygens (including phenoxy) is 3. The number of carbonyl (C=O) groups is 3. The Morgan fingerprint density at radius 2 is 0.487 bits per heavy atom. The minimum absolute atomic E-state index is 0.0786. The second kappa shape index (κ2) is 68.9. The molecule has 80 heavy (non-hydrogen) atoms. The number of allylic oxidation sites excluding steroid dienone is 8. The van der Waals surface area contributed by atoms with Crippen LogP contribution in [0.1, 0.15) is 387 Å². The van der Waals surface area contributed by atoms with Gasteiger partial charge >= 0.3 is 17.9 Å². The number of hydrogen-bond donors (Lipinski definition) is 0. The van der Waals surface area contributed by atoms with Gasteiger partial charge in [-0.25, -0.2) is 0 Å². The molecule has 0 aromatic heterocycles. The molecule has 0 amide bonds. The summed E-state index contributed by atoms with van der Waals surface area (Å²) in [7, 11) is 0. The Morgan fingerprint density at radius 1 is 0.263 bits per heavy atom. The van der Waals surface area contributed by atoms with Crippen molar-refractivity contribution < 1.29 is 28.6 Å². The molecule has 0 heterocycles. The fourth-order valence-corrected chi connectivity index (χ4v) is 10.8. The van der Waals surface area contributed by atoms with Crippen molar-refractivity contribution in [2.24, 2.45) is 0 Å². The normalized spacial score (nSPS) is 12.3. The zero-order valence-corrected chi connectivity index (χ0v) is 53.9. The second-order valence-electron chi connectivity index (χ2n) is 24.1. The van der Waals surface area contributed by atoms with E-state index >= 15 is 0 Å². The number of carbonyl (C=O) groups excluding carboxylic acids is 3. The van der Waals surface area contributed by atoms with Gasteiger partial charge in [0.25, 0.3) is 0 Å². The minimum atomic E-state index is -0.785. The molecule has 0 saturated carbocycles. The molecule has 6 nitrogen and oxygen atoms in total. The summed E-state index contributed by atoms with van der Waals surface area (Å²) in [5.41, 5.74) is 0. The van der Waals surface area contributed by atoms with E-state index in [1.165, 1.54) is 263 Å². The SMILES string of the molecule is CC/C=C\C/C=C\C/C=C\CCCCCC(=O)OCC(COC(=O)CCCCCCCCCCCCCCCCCCCCCCCCCCCC)OC(=O)CCCCCCCCCCCCC/C=C\CCCCCCCCCC. The average molecular weight is 1120 g/mol. The highest BCUT2D eigenvalue weighted by molar-refractivity contribution is 5.71. The van der Waals surface area contributed by atoms with Crippen molar-refractivity contribution >= 4 is 17.9 Å². The molecule has 468 valence electrons. The van der Waals surface area contributed by atoms with Gasteiger partial charge in [-0.2, -0.15) is 0 Å². The van der Waals surface area contributed by atoms with Crippen molar-refractivity contribution in [1.29, 1.82) is 0 Å². The first-order valence-corrected chi connectivity index (χ1v) is 35.6. The maximum atomic E-state index is 12.9. The number of rotatable bonds is 66. The molecule has 0 saturated heterocycles. The van der Waals surface area contributed by atoms with E-state index in [2.05, 4.69) is 69.4 Å². The molecule has 0 radical (unpaired) electrons. The zero-order chi connectivity index (χ0) is 57.8. The van der Waals surface area contributed by atoms with Crippen molar-refractivity contribution in [3.8, 4) is 0 Å². The molecule has 0 aliphatic carbocycles. The Labute approximate surface area is 498 Å². The van der Waals surface area contributed by atoms with Gasteiger partial charge in [-0.1, -0.05) is 339 Å². The minimum Gasteiger partial charge on any atom is -0.462 e. The van der Waals surface area contributed by atoms with Crippen LogP contribution in [-0.4, -0.2) is 37.2 Å². The first-order chi connectivity index (χ1) is 39.5. The number of unbranched alkanes of at least 4 members (excludes halogenated alkanes) is 47. The van der Waals surface area contributed by atoms with Gasteiger partial charge in [0.2, 0.25) is 0 Å². The van der Waals surface area contributed by atoms with Gasteiger partial charge in [0.15, 0.2) is 6.10 Å². The average Bonchev–Trinajstić information content (AvgIpc) is 3.46. The highest BCUT2D eigenvalue weighted by atomic mass is 16.6. The van der Waals surface area contributed by atoms with E-state index in [9.17, 15) is 14.4 Å². The molecule has 0 rings (SSSR count). The third-order valence-electron chi connectivity index (χ3n) is 16.1. The number of hydrogen-bond acceptors (Lipinski definition) is 6. The summed E-state index contributed by atoms with van der Waals surface area (Å²) < 4.78 is 17.0. The van der Waals surface area contributed by atoms with Gasteiger partial charge < -0.3 is 14.2 Å². The van der Waals surface area contributed by atoms with Crippen LogP contribution >= 0.6 is 0 Å². The van der Waals surface area contributed by atoms with Crippen molar-refractivity contribution in [3.63, 3.8) is 0 Å². The van der Waals surface area contributed by atoms with Crippen LogP contribution in [0, 0.1) is 0 Å². The van der Waals surface area contributed by atoms with Crippen LogP contribution in [0.5, 0.6) is 0 Å². The monoisotopic (exact) mass is 1120 g/mol. The van der Waals surface area contributed by atoms with Crippen molar-refractivity contribution in [1.82, 2.24) is 0 Å². The topological polar surface area (TPSA) is 78.9 Å². The highest BCUT2D eigenvalue weighted by Gasteiger charge is 2.19. The fraction of sp³-hybridized carbons (Fsp3) is 0.851. The van der Waals surface area contributed by atoms with E-state index in [0.29, 0.717) is 19.3 Å². The Morgan fingerprint density at radius 3 is 0.787 bits per heavy atom. The van der Waals surface area contributed by atoms with Gasteiger partial charge in [-0.15, -0.1) is 0 Å². The molecule has 0 aliphatic heterocycles. The lowest BCUT2D eigenvalue weighted by Crippen LogP contribution is -2.30. The Balaban J connectivity index is 4.23. The van der Waals surface area contributed by atoms with E-state index in [-0.39, 0.29) is 31.1 Å². The quantitative estimate of drug-likeness (QED) is 0.0261. The Hall–Kier alpha value is -2.63. The maximum Gasteiger partial charge on any atom is 0.306 e. The summed E-state index contributed by atoms with van der Waals surface area (Å²) in [4.78, 5) is 38.4. The maximum absolute atomic E-state index is 12.9. The first kappa shape index (κ1) is 77.4. The lowest BCUT2D eigenvalue weighted by molar-refractivity contribution is -0.167. The van der Waals surface area contributed by atoms with E-state index in [1.54, 1.807) is 0 Å². The first-order valence-electron chi connectivity index (χ1n) is 35.6. The second-order valence-corrected chi connectivity index (χ2v) is 24.1. The molecule has 1 atom stereocenters. The van der Waals surface area contributed by atoms with Crippen LogP contribution in [0.25, 0.3) is 0 Å². The fourth-order valence-electron chi connectivity index (χ4n) is 10.8. The van der Waals surface area contributed by atoms with Crippen molar-refractivity contribution in [2.45, 2.75) is 393 Å². The van der Waals surface area contributed by atoms with Crippen LogP contribution in [0.2, 0.25) is 0 Å². The Bertz CT molecular complexity index is 1380. The number of esters is 3. The summed E-state index contributed by atoms with van der Waals surface area (Å²) in [6, 6.07) is 0. The summed E-state index contributed by atoms with van der Waals surface area (Å²) in [6.07, 6.45) is 87.3. The standard InChI is InChI=1S/C74H136O6/c1-4-7-10-13-16-19-22-25-27-29-31-33-35-36-37-39-40-42-44-46-49-52-55-58-61-64-67-73(76)79-70-71(69-78-72(75)66-63-60-57-54-51-48-24-21-18-15-12-9-6-3)80-74(77)68-65-62-59-56-53-50-47-45-43-41-38-34-32-30-28-26-23-20-17-14-11-8-5-2/h9,12,18,21,30,32,48,51,71H,4-8,10-11,13-17,19-20,22-29,31,33-47,49-50,52-70H2,1-3H3/b12-9-,21-18-,32-30-,51-48-. The molecule has 0 aromatic carbocycles. The lowest BCUT2D eigenvalue weighted by atomic mass is 10.0. The summed E-state index contributed by atoms with van der Waals surface area (Å²) >= 11 is 0. The molecule has 1 unspecified atom stereocenters. The van der Waals surface area contributed by atoms with E-state index in [1.807, 2.05) is 0 Å². The van der Waals surface area contributed by atoms with E-state index in [4.69, 9.17) is 14.2 Å². The van der Waals surface area contributed by atoms with Crippen LogP contribution < -0.4 is 0 Å². The summed E-state index contributed by atoms with van der Waals surface area (Å²) in [5.74, 6) is -0.885. The largest absolute Gasteiger partial charge is 0.462 e. The van der Waals surface area contributed by atoms with Crippen LogP contribution in [0.3, 0.4) is 0 Å². The molecule has 0 aliphatic rings. The lowest BCUT2D eigenvalue weighted by Gasteiger charge is -2.18. The van der Waals surface area contributed by atoms with Crippen LogP contribution in [-0.2, 0) is 28.6 Å². The highest BCUT2D eigenvalue weighted by Crippen LogP contribution is 2.19. The molecule has 0 fully saturated rings. The van der Waals surface area contributed by atoms with Gasteiger partial charge in [-0.3, -0.25) is 14.4 Å². The Kier molecular flexibility index (Phi) is 66.6. The van der Waals surface area contributed by atoms with Gasteiger partial charge in [0, 0.05) is 19.3 Å². The zero-order valence-electron chi connectivity index (χ0n) is 53.9. The van der Waals surface area contributed by atoms with E-state index in [0.717, 1.165) is 83.5 Å². The predicted molar refractivity (Wildman–Crippen MR) is 349 cm³/mol. The molecule has 6 heteroatoms. The summed E-state index contributed by atoms with van der Waals surface area (Å²) in [5, 5.41) is 0. The molecule has 0 bridgehead atoms. The van der Waals surface area contributed by atoms with Crippen molar-refractivity contribution in [3.05, 3.63) is 48.6 Å². The van der Waals surface area contributed by atoms with Gasteiger partial charge in [-0.05, 0) is 77.0 Å². The molecule has 0 N–H and O–H groups in total. The summed E-state index contributed by atoms with van der Waals surface area (Å²) in [6.45, 7) is 6.57. The molecule has 0 spiro atoms. The molecular formula is C74H136O6. The smallest absolute Gasteiger partial charge is 0.306 e.